The van der Waals surface area contributed by atoms with Crippen molar-refractivity contribution in [1.29, 1.82) is 0 Å². The van der Waals surface area contributed by atoms with Gasteiger partial charge in [0.1, 0.15) is 36.6 Å². The largest absolute Gasteiger partial charge is 0.394 e. The Balaban J connectivity index is 0.0000109. The first kappa shape index (κ1) is 33.9. The molecule has 206 valence electrons. The lowest BCUT2D eigenvalue weighted by atomic mass is 9.87. The fourth-order valence-electron chi connectivity index (χ4n) is 4.46. The number of hydrogen-bond acceptors (Lipinski definition) is 9. The molecule has 1 rings (SSSR count). The van der Waals surface area contributed by atoms with Crippen LogP contribution < -0.4 is 5.73 Å². The highest BCUT2D eigenvalue weighted by molar-refractivity contribution is 5.85. The smallest absolute Gasteiger partial charge is 0.114 e. The van der Waals surface area contributed by atoms with Gasteiger partial charge in [-0.3, -0.25) is 0 Å². The third-order valence-electron chi connectivity index (χ3n) is 6.80. The van der Waals surface area contributed by atoms with E-state index in [0.717, 1.165) is 25.7 Å². The predicted octanol–water partition coefficient (Wildman–Crippen LogP) is 0.752. The highest BCUT2D eigenvalue weighted by Crippen LogP contribution is 2.25. The number of aliphatic hydroxyl groups is 7. The SMILES string of the molecule is CCCCCCCCCCCCCC[C@@H](O)[C@@H](O)[C@@H](N)C(O)C1O[C@H](CO)[C@@H](O)[C@H](O)[C@H]1O.Cl. The second-order valence-corrected chi connectivity index (χ2v) is 9.60. The van der Waals surface area contributed by atoms with Crippen LogP contribution in [0.1, 0.15) is 90.4 Å². The van der Waals surface area contributed by atoms with Crippen LogP contribution in [0.3, 0.4) is 0 Å². The van der Waals surface area contributed by atoms with E-state index in [-0.39, 0.29) is 12.4 Å². The number of aliphatic hydroxyl groups excluding tert-OH is 7. The fourth-order valence-corrected chi connectivity index (χ4v) is 4.46. The molecule has 1 aliphatic rings. The first-order valence-corrected chi connectivity index (χ1v) is 12.9. The van der Waals surface area contributed by atoms with E-state index in [0.29, 0.717) is 6.42 Å². The van der Waals surface area contributed by atoms with Crippen LogP contribution in [0.5, 0.6) is 0 Å². The predicted molar refractivity (Wildman–Crippen MR) is 133 cm³/mol. The zero-order valence-corrected chi connectivity index (χ0v) is 21.4. The van der Waals surface area contributed by atoms with Gasteiger partial charge in [-0.25, -0.2) is 0 Å². The summed E-state index contributed by atoms with van der Waals surface area (Å²) < 4.78 is 5.29. The lowest BCUT2D eigenvalue weighted by molar-refractivity contribution is -0.253. The van der Waals surface area contributed by atoms with E-state index in [1.165, 1.54) is 51.4 Å². The van der Waals surface area contributed by atoms with Gasteiger partial charge in [0.25, 0.3) is 0 Å². The van der Waals surface area contributed by atoms with E-state index in [9.17, 15) is 35.7 Å². The molecule has 2 unspecified atom stereocenters. The van der Waals surface area contributed by atoms with Crippen molar-refractivity contribution >= 4 is 12.4 Å². The van der Waals surface area contributed by atoms with Crippen LogP contribution in [0.4, 0.5) is 0 Å². The Kier molecular flexibility index (Phi) is 19.1. The minimum Gasteiger partial charge on any atom is -0.394 e. The first-order chi connectivity index (χ1) is 15.8. The van der Waals surface area contributed by atoms with Crippen molar-refractivity contribution in [2.75, 3.05) is 6.61 Å². The second-order valence-electron chi connectivity index (χ2n) is 9.60. The Bertz CT molecular complexity index is 490. The maximum absolute atomic E-state index is 10.5. The molecule has 0 radical (unpaired) electrons. The van der Waals surface area contributed by atoms with Crippen molar-refractivity contribution in [1.82, 2.24) is 0 Å². The summed E-state index contributed by atoms with van der Waals surface area (Å²) in [4.78, 5) is 0. The van der Waals surface area contributed by atoms with Crippen molar-refractivity contribution in [2.45, 2.75) is 145 Å². The fraction of sp³-hybridized carbons (Fsp3) is 1.00. The quantitative estimate of drug-likeness (QED) is 0.122. The Morgan fingerprint density at radius 1 is 0.735 bits per heavy atom. The van der Waals surface area contributed by atoms with Crippen molar-refractivity contribution in [3.63, 3.8) is 0 Å². The molecule has 0 bridgehead atoms. The van der Waals surface area contributed by atoms with Gasteiger partial charge in [-0.1, -0.05) is 84.0 Å². The molecule has 34 heavy (non-hydrogen) atoms. The van der Waals surface area contributed by atoms with Crippen molar-refractivity contribution in [3.05, 3.63) is 0 Å². The number of unbranched alkanes of at least 4 members (excludes halogenated alkanes) is 11. The molecule has 9 N–H and O–H groups in total. The van der Waals surface area contributed by atoms with Gasteiger partial charge in [0.05, 0.1) is 24.9 Å². The number of halogens is 1. The molecule has 0 aromatic carbocycles. The maximum atomic E-state index is 10.5. The molecule has 0 aromatic rings. The molecule has 1 saturated heterocycles. The van der Waals surface area contributed by atoms with Gasteiger partial charge < -0.3 is 46.2 Å². The number of ether oxygens (including phenoxy) is 1. The summed E-state index contributed by atoms with van der Waals surface area (Å²) >= 11 is 0. The van der Waals surface area contributed by atoms with Crippen LogP contribution >= 0.6 is 12.4 Å². The zero-order chi connectivity index (χ0) is 24.8. The van der Waals surface area contributed by atoms with E-state index in [4.69, 9.17) is 10.5 Å². The Morgan fingerprint density at radius 2 is 1.21 bits per heavy atom. The Hall–Kier alpha value is -0.0700. The standard InChI is InChI=1S/C24H49NO8.ClH/c1-2-3-4-5-6-7-8-9-10-11-12-13-14-16(27)19(28)18(25)21(30)24-23(32)22(31)20(29)17(15-26)33-24;/h16-24,26-32H,2-15,25H2,1H3;1H/t16-,17-,18-,19-,20-,21?,22+,23-,24?;/m1./s1. The Labute approximate surface area is 210 Å². The zero-order valence-electron chi connectivity index (χ0n) is 20.6. The van der Waals surface area contributed by atoms with Gasteiger partial charge in [-0.15, -0.1) is 12.4 Å². The van der Waals surface area contributed by atoms with Gasteiger partial charge in [-0.2, -0.15) is 0 Å². The molecule has 10 heteroatoms. The molecule has 0 amide bonds. The molecule has 1 aliphatic heterocycles. The number of hydrogen-bond donors (Lipinski definition) is 8. The molecule has 0 aromatic heterocycles. The van der Waals surface area contributed by atoms with Gasteiger partial charge >= 0.3 is 0 Å². The van der Waals surface area contributed by atoms with E-state index in [1.807, 2.05) is 0 Å². The minimum atomic E-state index is -1.66. The van der Waals surface area contributed by atoms with Gasteiger partial charge in [-0.05, 0) is 6.42 Å². The van der Waals surface area contributed by atoms with Crippen molar-refractivity contribution in [3.8, 4) is 0 Å². The summed E-state index contributed by atoms with van der Waals surface area (Å²) in [6.07, 6.45) is 2.88. The summed E-state index contributed by atoms with van der Waals surface area (Å²) in [5.41, 5.74) is 5.90. The molecule has 9 nitrogen and oxygen atoms in total. The lowest BCUT2D eigenvalue weighted by Gasteiger charge is -2.43. The highest BCUT2D eigenvalue weighted by Gasteiger charge is 2.48. The van der Waals surface area contributed by atoms with Crippen LogP contribution in [-0.2, 0) is 4.74 Å². The molecule has 0 spiro atoms. The molecule has 1 fully saturated rings. The monoisotopic (exact) mass is 515 g/mol. The molecular formula is C24H50ClNO8. The van der Waals surface area contributed by atoms with Crippen LogP contribution in [0.2, 0.25) is 0 Å². The average molecular weight is 516 g/mol. The third-order valence-corrected chi connectivity index (χ3v) is 6.80. The summed E-state index contributed by atoms with van der Waals surface area (Å²) in [6, 6.07) is -1.35. The first-order valence-electron chi connectivity index (χ1n) is 12.9. The van der Waals surface area contributed by atoms with Crippen LogP contribution in [0.15, 0.2) is 0 Å². The van der Waals surface area contributed by atoms with E-state index in [2.05, 4.69) is 6.92 Å². The van der Waals surface area contributed by atoms with Gasteiger partial charge in [0.2, 0.25) is 0 Å². The molecule has 0 aliphatic carbocycles. The number of nitrogens with two attached hydrogens (primary N) is 1. The van der Waals surface area contributed by atoms with Crippen LogP contribution in [0, 0.1) is 0 Å². The average Bonchev–Trinajstić information content (AvgIpc) is 2.82. The maximum Gasteiger partial charge on any atom is 0.114 e. The lowest BCUT2D eigenvalue weighted by Crippen LogP contribution is -2.65. The van der Waals surface area contributed by atoms with Crippen molar-refractivity contribution in [2.24, 2.45) is 5.73 Å². The van der Waals surface area contributed by atoms with E-state index in [1.54, 1.807) is 0 Å². The van der Waals surface area contributed by atoms with E-state index >= 15 is 0 Å². The molecule has 1 heterocycles. The van der Waals surface area contributed by atoms with E-state index < -0.39 is 61.5 Å². The summed E-state index contributed by atoms with van der Waals surface area (Å²) in [5.74, 6) is 0. The molecule has 9 atom stereocenters. The molecular weight excluding hydrogens is 466 g/mol. The third kappa shape index (κ3) is 11.3. The van der Waals surface area contributed by atoms with Crippen LogP contribution in [0.25, 0.3) is 0 Å². The van der Waals surface area contributed by atoms with Gasteiger partial charge in [0.15, 0.2) is 0 Å². The van der Waals surface area contributed by atoms with Crippen molar-refractivity contribution < 1.29 is 40.5 Å². The van der Waals surface area contributed by atoms with Gasteiger partial charge in [0, 0.05) is 0 Å². The summed E-state index contributed by atoms with van der Waals surface area (Å²) in [6.45, 7) is 1.59. The highest BCUT2D eigenvalue weighted by atomic mass is 35.5. The second kappa shape index (κ2) is 19.1. The minimum absolute atomic E-state index is 0. The topological polar surface area (TPSA) is 177 Å². The normalized spacial score (nSPS) is 28.7. The summed E-state index contributed by atoms with van der Waals surface area (Å²) in [7, 11) is 0. The molecule has 0 saturated carbocycles. The Morgan fingerprint density at radius 3 is 1.68 bits per heavy atom. The summed E-state index contributed by atoms with van der Waals surface area (Å²) in [5, 5.41) is 70.2. The van der Waals surface area contributed by atoms with Crippen LogP contribution in [-0.4, -0.2) is 97.2 Å². The number of rotatable bonds is 18.